The highest BCUT2D eigenvalue weighted by atomic mass is 16.5. The molecule has 1 aromatic heterocycles. The number of furan rings is 1. The molecule has 0 saturated carbocycles. The number of benzene rings is 2. The van der Waals surface area contributed by atoms with Gasteiger partial charge in [-0.15, -0.1) is 0 Å². The lowest BCUT2D eigenvalue weighted by Crippen LogP contribution is -2.23. The smallest absolute Gasteiger partial charge is 0.134 e. The Balaban J connectivity index is 1.77. The first-order chi connectivity index (χ1) is 10.3. The maximum absolute atomic E-state index is 5.92. The van der Waals surface area contributed by atoms with Gasteiger partial charge in [0.25, 0.3) is 0 Å². The zero-order valence-corrected chi connectivity index (χ0v) is 12.3. The van der Waals surface area contributed by atoms with Gasteiger partial charge in [-0.3, -0.25) is 0 Å². The van der Waals surface area contributed by atoms with Crippen LogP contribution in [0.25, 0.3) is 11.0 Å². The maximum Gasteiger partial charge on any atom is 0.134 e. The van der Waals surface area contributed by atoms with Crippen molar-refractivity contribution in [2.45, 2.75) is 13.0 Å². The minimum atomic E-state index is 0.0250. The molecule has 0 bridgehead atoms. The van der Waals surface area contributed by atoms with Gasteiger partial charge in [-0.25, -0.2) is 0 Å². The normalized spacial score (nSPS) is 12.5. The van der Waals surface area contributed by atoms with Crippen molar-refractivity contribution in [3.63, 3.8) is 0 Å². The maximum atomic E-state index is 5.92. The van der Waals surface area contributed by atoms with Crippen molar-refractivity contribution in [1.29, 1.82) is 0 Å². The van der Waals surface area contributed by atoms with Crippen LogP contribution in [0.2, 0.25) is 0 Å². The molecule has 0 radical (unpaired) electrons. The van der Waals surface area contributed by atoms with Gasteiger partial charge in [0, 0.05) is 5.39 Å². The van der Waals surface area contributed by atoms with Crippen LogP contribution in [0.5, 0.6) is 5.75 Å². The quantitative estimate of drug-likeness (QED) is 0.765. The Labute approximate surface area is 124 Å². The highest BCUT2D eigenvalue weighted by Crippen LogP contribution is 2.25. The third-order valence-electron chi connectivity index (χ3n) is 3.64. The predicted molar refractivity (Wildman–Crippen MR) is 84.7 cm³/mol. The summed E-state index contributed by atoms with van der Waals surface area (Å²) in [5.74, 6) is 1.81. The first kappa shape index (κ1) is 13.7. The molecule has 0 aliphatic carbocycles. The van der Waals surface area contributed by atoms with E-state index < -0.39 is 0 Å². The Kier molecular flexibility index (Phi) is 3.93. The highest BCUT2D eigenvalue weighted by molar-refractivity contribution is 5.77. The average molecular weight is 281 g/mol. The van der Waals surface area contributed by atoms with E-state index in [1.165, 1.54) is 0 Å². The van der Waals surface area contributed by atoms with Gasteiger partial charge in [-0.2, -0.15) is 0 Å². The third-order valence-corrected chi connectivity index (χ3v) is 3.64. The van der Waals surface area contributed by atoms with E-state index in [9.17, 15) is 0 Å². The van der Waals surface area contributed by atoms with Crippen LogP contribution in [0.3, 0.4) is 0 Å². The summed E-state index contributed by atoms with van der Waals surface area (Å²) < 4.78 is 11.8. The molecule has 0 fully saturated rings. The number of ether oxygens (including phenoxy) is 1. The summed E-state index contributed by atoms with van der Waals surface area (Å²) in [6, 6.07) is 18.1. The molecule has 0 amide bonds. The summed E-state index contributed by atoms with van der Waals surface area (Å²) in [4.78, 5) is 0. The summed E-state index contributed by atoms with van der Waals surface area (Å²) in [5.41, 5.74) is 2.04. The Hall–Kier alpha value is -2.26. The third kappa shape index (κ3) is 2.93. The fourth-order valence-electron chi connectivity index (χ4n) is 2.37. The second kappa shape index (κ2) is 6.02. The molecule has 0 spiro atoms. The molecule has 21 heavy (non-hydrogen) atoms. The lowest BCUT2D eigenvalue weighted by atomic mass is 10.2. The molecule has 1 heterocycles. The van der Waals surface area contributed by atoms with Crippen LogP contribution < -0.4 is 10.1 Å². The number of aryl methyl sites for hydroxylation is 1. The van der Waals surface area contributed by atoms with Gasteiger partial charge in [0.15, 0.2) is 0 Å². The molecule has 2 aromatic carbocycles. The number of likely N-dealkylation sites (N-methyl/N-ethyl adjacent to an activating group) is 1. The van der Waals surface area contributed by atoms with Gasteiger partial charge in [0.2, 0.25) is 0 Å². The van der Waals surface area contributed by atoms with Crippen molar-refractivity contribution in [3.05, 3.63) is 65.9 Å². The second-order valence-corrected chi connectivity index (χ2v) is 5.10. The average Bonchev–Trinajstić information content (AvgIpc) is 2.93. The van der Waals surface area contributed by atoms with E-state index in [-0.39, 0.29) is 6.04 Å². The Morgan fingerprint density at radius 1 is 1.10 bits per heavy atom. The van der Waals surface area contributed by atoms with E-state index in [1.54, 1.807) is 0 Å². The largest absolute Gasteiger partial charge is 0.491 e. The van der Waals surface area contributed by atoms with E-state index in [2.05, 4.69) is 17.4 Å². The molecule has 0 aliphatic heterocycles. The van der Waals surface area contributed by atoms with Gasteiger partial charge >= 0.3 is 0 Å². The van der Waals surface area contributed by atoms with Gasteiger partial charge in [-0.05, 0) is 37.7 Å². The summed E-state index contributed by atoms with van der Waals surface area (Å²) in [6.45, 7) is 2.58. The van der Waals surface area contributed by atoms with Gasteiger partial charge < -0.3 is 14.5 Å². The Morgan fingerprint density at radius 2 is 1.86 bits per heavy atom. The van der Waals surface area contributed by atoms with Crippen LogP contribution in [-0.4, -0.2) is 13.7 Å². The van der Waals surface area contributed by atoms with Crippen molar-refractivity contribution in [2.24, 2.45) is 0 Å². The molecule has 3 aromatic rings. The number of para-hydroxylation sites is 2. The molecule has 0 saturated heterocycles. The van der Waals surface area contributed by atoms with Crippen molar-refractivity contribution in [3.8, 4) is 5.75 Å². The monoisotopic (exact) mass is 281 g/mol. The van der Waals surface area contributed by atoms with Crippen molar-refractivity contribution >= 4 is 11.0 Å². The number of rotatable bonds is 5. The van der Waals surface area contributed by atoms with Crippen LogP contribution in [0.1, 0.15) is 17.4 Å². The topological polar surface area (TPSA) is 34.4 Å². The number of nitrogens with one attached hydrogen (secondary N) is 1. The van der Waals surface area contributed by atoms with Gasteiger partial charge in [-0.1, -0.05) is 36.4 Å². The van der Waals surface area contributed by atoms with Crippen LogP contribution in [0, 0.1) is 6.92 Å². The molecule has 0 aliphatic rings. The minimum absolute atomic E-state index is 0.0250. The fraction of sp³-hybridized carbons (Fsp3) is 0.222. The van der Waals surface area contributed by atoms with Crippen LogP contribution in [-0.2, 0) is 0 Å². The van der Waals surface area contributed by atoms with E-state index in [4.69, 9.17) is 9.15 Å². The molecule has 1 unspecified atom stereocenters. The first-order valence-electron chi connectivity index (χ1n) is 7.12. The first-order valence-corrected chi connectivity index (χ1v) is 7.12. The molecule has 1 N–H and O–H groups in total. The van der Waals surface area contributed by atoms with E-state index in [0.717, 1.165) is 28.0 Å². The summed E-state index contributed by atoms with van der Waals surface area (Å²) >= 11 is 0. The highest BCUT2D eigenvalue weighted by Gasteiger charge is 2.15. The summed E-state index contributed by atoms with van der Waals surface area (Å²) in [6.07, 6.45) is 0. The fourth-order valence-corrected chi connectivity index (χ4v) is 2.37. The zero-order chi connectivity index (χ0) is 14.7. The molecule has 3 nitrogen and oxygen atoms in total. The SMILES string of the molecule is CNC(COc1ccccc1C)c1cc2ccccc2o1. The van der Waals surface area contributed by atoms with E-state index in [1.807, 2.05) is 56.4 Å². The predicted octanol–water partition coefficient (Wildman–Crippen LogP) is 4.08. The van der Waals surface area contributed by atoms with Crippen molar-refractivity contribution in [2.75, 3.05) is 13.7 Å². The van der Waals surface area contributed by atoms with Gasteiger partial charge in [0.1, 0.15) is 23.7 Å². The molecular weight excluding hydrogens is 262 g/mol. The zero-order valence-electron chi connectivity index (χ0n) is 12.3. The number of hydrogen-bond acceptors (Lipinski definition) is 3. The molecule has 1 atom stereocenters. The Bertz CT molecular complexity index is 700. The lowest BCUT2D eigenvalue weighted by Gasteiger charge is -2.15. The molecule has 108 valence electrons. The van der Waals surface area contributed by atoms with E-state index >= 15 is 0 Å². The van der Waals surface area contributed by atoms with Crippen LogP contribution >= 0.6 is 0 Å². The van der Waals surface area contributed by atoms with E-state index in [0.29, 0.717) is 6.61 Å². The molecular formula is C18H19NO2. The summed E-state index contributed by atoms with van der Waals surface area (Å²) in [7, 11) is 1.92. The van der Waals surface area contributed by atoms with Gasteiger partial charge in [0.05, 0.1) is 6.04 Å². The molecule has 3 heteroatoms. The van der Waals surface area contributed by atoms with Crippen LogP contribution in [0.4, 0.5) is 0 Å². The van der Waals surface area contributed by atoms with Crippen molar-refractivity contribution < 1.29 is 9.15 Å². The number of fused-ring (bicyclic) bond motifs is 1. The standard InChI is InChI=1S/C18H19NO2/c1-13-7-3-5-9-16(13)20-12-15(19-2)18-11-14-8-4-6-10-17(14)21-18/h3-11,15,19H,12H2,1-2H3. The van der Waals surface area contributed by atoms with Crippen LogP contribution in [0.15, 0.2) is 59.0 Å². The summed E-state index contributed by atoms with van der Waals surface area (Å²) in [5, 5.41) is 4.36. The van der Waals surface area contributed by atoms with Crippen molar-refractivity contribution in [1.82, 2.24) is 5.32 Å². The number of hydrogen-bond donors (Lipinski definition) is 1. The second-order valence-electron chi connectivity index (χ2n) is 5.10. The molecule has 3 rings (SSSR count). The minimum Gasteiger partial charge on any atom is -0.491 e. The lowest BCUT2D eigenvalue weighted by molar-refractivity contribution is 0.254. The Morgan fingerprint density at radius 3 is 2.62 bits per heavy atom.